The first-order valence-electron chi connectivity index (χ1n) is 4.24. The normalized spacial score (nSPS) is 18.2. The maximum absolute atomic E-state index is 11.2. The lowest BCUT2D eigenvalue weighted by molar-refractivity contribution is 0.395. The second-order valence-electron chi connectivity index (χ2n) is 3.41. The van der Waals surface area contributed by atoms with E-state index >= 15 is 0 Å². The predicted molar refractivity (Wildman–Crippen MR) is 57.6 cm³/mol. The molecule has 0 fully saturated rings. The van der Waals surface area contributed by atoms with Crippen LogP contribution in [0.5, 0.6) is 0 Å². The molecule has 2 unspecified atom stereocenters. The zero-order valence-corrected chi connectivity index (χ0v) is 9.13. The lowest BCUT2D eigenvalue weighted by Gasteiger charge is -2.30. The van der Waals surface area contributed by atoms with Gasteiger partial charge in [0.15, 0.2) is 0 Å². The summed E-state index contributed by atoms with van der Waals surface area (Å²) in [7, 11) is -4.19. The first kappa shape index (κ1) is 13.4. The van der Waals surface area contributed by atoms with Gasteiger partial charge in [-0.25, -0.2) is 0 Å². The van der Waals surface area contributed by atoms with Crippen LogP contribution in [-0.2, 0) is 10.1 Å². The van der Waals surface area contributed by atoms with Crippen molar-refractivity contribution < 1.29 is 13.0 Å². The van der Waals surface area contributed by atoms with Crippen LogP contribution in [0.25, 0.3) is 0 Å². The van der Waals surface area contributed by atoms with Crippen molar-refractivity contribution in [1.82, 2.24) is 0 Å². The van der Waals surface area contributed by atoms with Gasteiger partial charge in [-0.15, -0.1) is 13.2 Å². The number of hydrogen-bond acceptors (Lipinski definition) is 3. The SMILES string of the molecule is C=CCC(N)C(C)(CC=C)S(=O)(=O)O. The van der Waals surface area contributed by atoms with Gasteiger partial charge in [0, 0.05) is 6.04 Å². The summed E-state index contributed by atoms with van der Waals surface area (Å²) in [5.74, 6) is 0. The van der Waals surface area contributed by atoms with E-state index in [4.69, 9.17) is 10.3 Å². The zero-order valence-electron chi connectivity index (χ0n) is 8.31. The highest BCUT2D eigenvalue weighted by Crippen LogP contribution is 2.26. The van der Waals surface area contributed by atoms with Crippen molar-refractivity contribution in [2.45, 2.75) is 30.6 Å². The molecule has 0 heterocycles. The third kappa shape index (κ3) is 2.67. The van der Waals surface area contributed by atoms with Crippen LogP contribution < -0.4 is 5.73 Å². The molecule has 0 aliphatic heterocycles. The summed E-state index contributed by atoms with van der Waals surface area (Å²) in [6.07, 6.45) is 3.39. The fraction of sp³-hybridized carbons (Fsp3) is 0.556. The van der Waals surface area contributed by atoms with Crippen LogP contribution in [0.15, 0.2) is 25.3 Å². The van der Waals surface area contributed by atoms with E-state index in [0.717, 1.165) is 0 Å². The molecule has 0 spiro atoms. The van der Waals surface area contributed by atoms with Crippen LogP contribution in [0.3, 0.4) is 0 Å². The minimum atomic E-state index is -4.19. The number of nitrogens with two attached hydrogens (primary N) is 1. The molecule has 82 valence electrons. The molecule has 0 aromatic carbocycles. The van der Waals surface area contributed by atoms with Crippen molar-refractivity contribution in [3.05, 3.63) is 25.3 Å². The number of hydrogen-bond donors (Lipinski definition) is 2. The molecule has 0 aliphatic rings. The summed E-state index contributed by atoms with van der Waals surface area (Å²) in [5.41, 5.74) is 5.68. The molecule has 0 amide bonds. The van der Waals surface area contributed by atoms with Crippen LogP contribution in [0.2, 0.25) is 0 Å². The molecular weight excluding hydrogens is 202 g/mol. The fourth-order valence-corrected chi connectivity index (χ4v) is 1.97. The van der Waals surface area contributed by atoms with Gasteiger partial charge in [-0.1, -0.05) is 12.2 Å². The van der Waals surface area contributed by atoms with Crippen LogP contribution >= 0.6 is 0 Å². The van der Waals surface area contributed by atoms with Gasteiger partial charge in [-0.3, -0.25) is 4.55 Å². The topological polar surface area (TPSA) is 80.4 Å². The quantitative estimate of drug-likeness (QED) is 0.518. The summed E-state index contributed by atoms with van der Waals surface area (Å²) in [4.78, 5) is 0. The van der Waals surface area contributed by atoms with Gasteiger partial charge in [0.1, 0.15) is 4.75 Å². The van der Waals surface area contributed by atoms with E-state index in [9.17, 15) is 8.42 Å². The maximum atomic E-state index is 11.2. The minimum absolute atomic E-state index is 0.112. The molecule has 4 nitrogen and oxygen atoms in total. The zero-order chi connectivity index (χ0) is 11.4. The van der Waals surface area contributed by atoms with Crippen LogP contribution in [0.1, 0.15) is 19.8 Å². The standard InChI is InChI=1S/C9H17NO3S/c1-4-6-8(10)9(3,7-5-2)14(11,12)13/h4-5,8H,1-2,6-7,10H2,3H3,(H,11,12,13). The molecule has 0 aromatic heterocycles. The summed E-state index contributed by atoms with van der Waals surface area (Å²) >= 11 is 0. The van der Waals surface area contributed by atoms with Crippen molar-refractivity contribution >= 4 is 10.1 Å². The van der Waals surface area contributed by atoms with Crippen LogP contribution in [-0.4, -0.2) is 23.8 Å². The van der Waals surface area contributed by atoms with Gasteiger partial charge in [0.05, 0.1) is 0 Å². The third-order valence-corrected chi connectivity index (χ3v) is 3.99. The molecule has 0 bridgehead atoms. The highest BCUT2D eigenvalue weighted by atomic mass is 32.2. The second kappa shape index (κ2) is 4.72. The van der Waals surface area contributed by atoms with E-state index in [1.54, 1.807) is 0 Å². The Balaban J connectivity index is 5.08. The molecule has 0 saturated carbocycles. The van der Waals surface area contributed by atoms with E-state index < -0.39 is 20.9 Å². The van der Waals surface area contributed by atoms with Gasteiger partial charge in [-0.2, -0.15) is 8.42 Å². The van der Waals surface area contributed by atoms with Gasteiger partial charge in [0.2, 0.25) is 0 Å². The monoisotopic (exact) mass is 219 g/mol. The van der Waals surface area contributed by atoms with E-state index in [1.165, 1.54) is 19.1 Å². The summed E-state index contributed by atoms with van der Waals surface area (Å²) in [6.45, 7) is 8.32. The molecule has 0 rings (SSSR count). The van der Waals surface area contributed by atoms with E-state index in [1.807, 2.05) is 0 Å². The average molecular weight is 219 g/mol. The Labute approximate surface area is 85.2 Å². The highest BCUT2D eigenvalue weighted by Gasteiger charge is 2.41. The van der Waals surface area contributed by atoms with Crippen LogP contribution in [0, 0.1) is 0 Å². The molecule has 0 saturated heterocycles. The van der Waals surface area contributed by atoms with E-state index in [-0.39, 0.29) is 6.42 Å². The Hall–Kier alpha value is -0.650. The van der Waals surface area contributed by atoms with Gasteiger partial charge < -0.3 is 5.73 Å². The van der Waals surface area contributed by atoms with Crippen molar-refractivity contribution in [2.24, 2.45) is 5.73 Å². The first-order valence-corrected chi connectivity index (χ1v) is 5.68. The lowest BCUT2D eigenvalue weighted by Crippen LogP contribution is -2.50. The van der Waals surface area contributed by atoms with Gasteiger partial charge in [0.25, 0.3) is 10.1 Å². The Kier molecular flexibility index (Phi) is 4.51. The van der Waals surface area contributed by atoms with E-state index in [0.29, 0.717) is 6.42 Å². The maximum Gasteiger partial charge on any atom is 0.272 e. The van der Waals surface area contributed by atoms with Crippen molar-refractivity contribution in [3.63, 3.8) is 0 Å². The highest BCUT2D eigenvalue weighted by molar-refractivity contribution is 7.87. The molecule has 0 radical (unpaired) electrons. The van der Waals surface area contributed by atoms with Gasteiger partial charge in [-0.05, 0) is 19.8 Å². The molecule has 2 atom stereocenters. The summed E-state index contributed by atoms with van der Waals surface area (Å²) < 4.78 is 30.0. The van der Waals surface area contributed by atoms with Crippen LogP contribution in [0.4, 0.5) is 0 Å². The Bertz CT molecular complexity index is 310. The van der Waals surface area contributed by atoms with E-state index in [2.05, 4.69) is 13.2 Å². The molecule has 0 aromatic rings. The third-order valence-electron chi connectivity index (χ3n) is 2.34. The first-order chi connectivity index (χ1) is 6.29. The molecule has 3 N–H and O–H groups in total. The van der Waals surface area contributed by atoms with Crippen molar-refractivity contribution in [3.8, 4) is 0 Å². The number of rotatable bonds is 6. The van der Waals surface area contributed by atoms with Crippen molar-refractivity contribution in [1.29, 1.82) is 0 Å². The molecule has 5 heteroatoms. The largest absolute Gasteiger partial charge is 0.326 e. The molecular formula is C9H17NO3S. The molecule has 0 aliphatic carbocycles. The van der Waals surface area contributed by atoms with Crippen molar-refractivity contribution in [2.75, 3.05) is 0 Å². The minimum Gasteiger partial charge on any atom is -0.326 e. The Morgan fingerprint density at radius 3 is 2.29 bits per heavy atom. The predicted octanol–water partition coefficient (Wildman–Crippen LogP) is 1.11. The average Bonchev–Trinajstić information content (AvgIpc) is 2.03. The lowest BCUT2D eigenvalue weighted by atomic mass is 9.95. The summed E-state index contributed by atoms with van der Waals surface area (Å²) in [6, 6.07) is -0.687. The summed E-state index contributed by atoms with van der Waals surface area (Å²) in [5, 5.41) is 0. The Morgan fingerprint density at radius 1 is 1.50 bits per heavy atom. The second-order valence-corrected chi connectivity index (χ2v) is 5.29. The number of allylic oxidation sites excluding steroid dienone is 1. The molecule has 14 heavy (non-hydrogen) atoms. The fourth-order valence-electron chi connectivity index (χ4n) is 1.16. The van der Waals surface area contributed by atoms with Gasteiger partial charge >= 0.3 is 0 Å². The smallest absolute Gasteiger partial charge is 0.272 e. The Morgan fingerprint density at radius 2 is 2.00 bits per heavy atom.